The van der Waals surface area contributed by atoms with Gasteiger partial charge in [-0.05, 0) is 64.7 Å². The lowest BCUT2D eigenvalue weighted by molar-refractivity contribution is 0.669. The molecule has 184 valence electrons. The van der Waals surface area contributed by atoms with Crippen LogP contribution in [0.1, 0.15) is 0 Å². The summed E-state index contributed by atoms with van der Waals surface area (Å²) in [5.41, 5.74) is 8.69. The van der Waals surface area contributed by atoms with E-state index in [9.17, 15) is 0 Å². The molecule has 0 unspecified atom stereocenters. The monoisotopic (exact) mass is 517 g/mol. The van der Waals surface area contributed by atoms with E-state index in [1.165, 1.54) is 42.4 Å². The van der Waals surface area contributed by atoms with Crippen molar-refractivity contribution >= 4 is 64.8 Å². The molecule has 8 rings (SSSR count). The summed E-state index contributed by atoms with van der Waals surface area (Å²) in [7, 11) is 0. The SMILES string of the molecule is c1ccc(-c2cccc3oc4cccc(Nc5ccc(-c6cccc7sc8ccccc8c67)cc5)c4c23)cc1. The molecule has 39 heavy (non-hydrogen) atoms. The van der Waals surface area contributed by atoms with Gasteiger partial charge in [-0.25, -0.2) is 0 Å². The summed E-state index contributed by atoms with van der Waals surface area (Å²) in [6, 6.07) is 47.1. The van der Waals surface area contributed by atoms with Gasteiger partial charge in [-0.2, -0.15) is 0 Å². The Kier molecular flexibility index (Phi) is 5.04. The highest BCUT2D eigenvalue weighted by Crippen LogP contribution is 2.42. The molecule has 0 fully saturated rings. The predicted octanol–water partition coefficient (Wildman–Crippen LogP) is 11.0. The maximum absolute atomic E-state index is 6.30. The quantitative estimate of drug-likeness (QED) is 0.251. The Bertz CT molecular complexity index is 2140. The molecular formula is C36H23NOS. The van der Waals surface area contributed by atoms with Gasteiger partial charge in [0.15, 0.2) is 0 Å². The molecule has 0 bridgehead atoms. The first-order chi connectivity index (χ1) is 19.3. The molecule has 2 nitrogen and oxygen atoms in total. The zero-order chi connectivity index (χ0) is 25.8. The fourth-order valence-electron chi connectivity index (χ4n) is 5.73. The topological polar surface area (TPSA) is 25.2 Å². The molecule has 1 N–H and O–H groups in total. The Labute approximate surface area is 229 Å². The Morgan fingerprint density at radius 3 is 1.95 bits per heavy atom. The molecule has 0 aliphatic heterocycles. The van der Waals surface area contributed by atoms with Crippen LogP contribution in [0.3, 0.4) is 0 Å². The van der Waals surface area contributed by atoms with E-state index in [1.54, 1.807) is 0 Å². The molecule has 0 amide bonds. The number of hydrogen-bond acceptors (Lipinski definition) is 3. The first kappa shape index (κ1) is 22.2. The van der Waals surface area contributed by atoms with Crippen molar-refractivity contribution in [2.24, 2.45) is 0 Å². The molecule has 0 aliphatic carbocycles. The van der Waals surface area contributed by atoms with Gasteiger partial charge in [0.25, 0.3) is 0 Å². The van der Waals surface area contributed by atoms with Gasteiger partial charge in [0, 0.05) is 31.2 Å². The first-order valence-corrected chi connectivity index (χ1v) is 13.9. The minimum Gasteiger partial charge on any atom is -0.456 e. The van der Waals surface area contributed by atoms with E-state index in [4.69, 9.17) is 4.42 Å². The summed E-state index contributed by atoms with van der Waals surface area (Å²) in [5.74, 6) is 0. The maximum Gasteiger partial charge on any atom is 0.137 e. The van der Waals surface area contributed by atoms with Crippen LogP contribution in [0.15, 0.2) is 138 Å². The summed E-state index contributed by atoms with van der Waals surface area (Å²) in [6.07, 6.45) is 0. The summed E-state index contributed by atoms with van der Waals surface area (Å²) in [4.78, 5) is 0. The van der Waals surface area contributed by atoms with Crippen LogP contribution in [0.5, 0.6) is 0 Å². The largest absolute Gasteiger partial charge is 0.456 e. The number of fused-ring (bicyclic) bond motifs is 6. The van der Waals surface area contributed by atoms with E-state index in [0.717, 1.165) is 33.3 Å². The molecule has 0 saturated carbocycles. The standard InChI is InChI=1S/C36H23NOS/c1-2-9-23(10-3-1)27-12-6-15-30-35(27)36-29(14-8-16-31(36)38-30)37-25-21-19-24(20-22-25)26-13-7-18-33-34(26)28-11-4-5-17-32(28)39-33/h1-22,37H. The maximum atomic E-state index is 6.30. The van der Waals surface area contributed by atoms with Crippen molar-refractivity contribution in [2.45, 2.75) is 0 Å². The average Bonchev–Trinajstić information content (AvgIpc) is 3.57. The van der Waals surface area contributed by atoms with Crippen molar-refractivity contribution < 1.29 is 4.42 Å². The second-order valence-electron chi connectivity index (χ2n) is 9.80. The van der Waals surface area contributed by atoms with Crippen molar-refractivity contribution in [2.75, 3.05) is 5.32 Å². The number of rotatable bonds is 4. The van der Waals surface area contributed by atoms with Crippen molar-refractivity contribution in [1.82, 2.24) is 0 Å². The molecule has 0 radical (unpaired) electrons. The van der Waals surface area contributed by atoms with E-state index in [-0.39, 0.29) is 0 Å². The highest BCUT2D eigenvalue weighted by molar-refractivity contribution is 7.25. The Morgan fingerprint density at radius 2 is 1.10 bits per heavy atom. The van der Waals surface area contributed by atoms with Crippen LogP contribution < -0.4 is 5.32 Å². The zero-order valence-corrected chi connectivity index (χ0v) is 21.8. The molecule has 0 saturated heterocycles. The number of hydrogen-bond donors (Lipinski definition) is 1. The van der Waals surface area contributed by atoms with Gasteiger partial charge in [0.1, 0.15) is 11.2 Å². The van der Waals surface area contributed by atoms with Crippen molar-refractivity contribution in [3.8, 4) is 22.3 Å². The molecule has 2 heterocycles. The average molecular weight is 518 g/mol. The molecule has 0 atom stereocenters. The Morgan fingerprint density at radius 1 is 0.462 bits per heavy atom. The molecular weight excluding hydrogens is 494 g/mol. The van der Waals surface area contributed by atoms with Gasteiger partial charge in [-0.3, -0.25) is 0 Å². The number of thiophene rings is 1. The van der Waals surface area contributed by atoms with E-state index < -0.39 is 0 Å². The van der Waals surface area contributed by atoms with Crippen molar-refractivity contribution in [3.63, 3.8) is 0 Å². The minimum absolute atomic E-state index is 0.881. The lowest BCUT2D eigenvalue weighted by Crippen LogP contribution is -1.91. The van der Waals surface area contributed by atoms with Gasteiger partial charge in [0.2, 0.25) is 0 Å². The van der Waals surface area contributed by atoms with Crippen LogP contribution in [-0.2, 0) is 0 Å². The van der Waals surface area contributed by atoms with Crippen LogP contribution in [0, 0.1) is 0 Å². The third kappa shape index (κ3) is 3.63. The minimum atomic E-state index is 0.881. The summed E-state index contributed by atoms with van der Waals surface area (Å²) in [6.45, 7) is 0. The molecule has 6 aromatic carbocycles. The zero-order valence-electron chi connectivity index (χ0n) is 21.0. The Hall–Kier alpha value is -4.86. The fraction of sp³-hybridized carbons (Fsp3) is 0. The number of furan rings is 1. The van der Waals surface area contributed by atoms with Crippen molar-refractivity contribution in [3.05, 3.63) is 133 Å². The number of nitrogens with one attached hydrogen (secondary N) is 1. The lowest BCUT2D eigenvalue weighted by atomic mass is 9.98. The molecule has 8 aromatic rings. The summed E-state index contributed by atoms with van der Waals surface area (Å²) in [5, 5.41) is 8.58. The molecule has 0 aliphatic rings. The third-order valence-electron chi connectivity index (χ3n) is 7.48. The normalized spacial score (nSPS) is 11.6. The van der Waals surface area contributed by atoms with Crippen LogP contribution in [0.2, 0.25) is 0 Å². The predicted molar refractivity (Wildman–Crippen MR) is 167 cm³/mol. The van der Waals surface area contributed by atoms with Crippen molar-refractivity contribution in [1.29, 1.82) is 0 Å². The van der Waals surface area contributed by atoms with Crippen LogP contribution in [0.25, 0.3) is 64.4 Å². The van der Waals surface area contributed by atoms with Crippen LogP contribution in [0.4, 0.5) is 11.4 Å². The highest BCUT2D eigenvalue weighted by Gasteiger charge is 2.16. The van der Waals surface area contributed by atoms with Gasteiger partial charge < -0.3 is 9.73 Å². The number of benzene rings is 6. The third-order valence-corrected chi connectivity index (χ3v) is 8.62. The van der Waals surface area contributed by atoms with Crippen LogP contribution >= 0.6 is 11.3 Å². The number of anilines is 2. The van der Waals surface area contributed by atoms with Crippen LogP contribution in [-0.4, -0.2) is 0 Å². The van der Waals surface area contributed by atoms with E-state index >= 15 is 0 Å². The lowest BCUT2D eigenvalue weighted by Gasteiger charge is -2.11. The van der Waals surface area contributed by atoms with Gasteiger partial charge >= 0.3 is 0 Å². The summed E-state index contributed by atoms with van der Waals surface area (Å²) >= 11 is 1.86. The summed E-state index contributed by atoms with van der Waals surface area (Å²) < 4.78 is 8.95. The second kappa shape index (κ2) is 8.87. The molecule has 0 spiro atoms. The highest BCUT2D eigenvalue weighted by atomic mass is 32.1. The van der Waals surface area contributed by atoms with Gasteiger partial charge in [-0.15, -0.1) is 11.3 Å². The van der Waals surface area contributed by atoms with E-state index in [2.05, 4.69) is 127 Å². The smallest absolute Gasteiger partial charge is 0.137 e. The Balaban J connectivity index is 1.22. The van der Waals surface area contributed by atoms with Gasteiger partial charge in [0.05, 0.1) is 11.1 Å². The van der Waals surface area contributed by atoms with E-state index in [0.29, 0.717) is 0 Å². The van der Waals surface area contributed by atoms with Gasteiger partial charge in [-0.1, -0.05) is 91.0 Å². The second-order valence-corrected chi connectivity index (χ2v) is 10.9. The van der Waals surface area contributed by atoms with E-state index in [1.807, 2.05) is 23.5 Å². The fourth-order valence-corrected chi connectivity index (χ4v) is 6.86. The molecule has 3 heteroatoms. The first-order valence-electron chi connectivity index (χ1n) is 13.1. The molecule has 2 aromatic heterocycles.